The number of halogens is 2. The van der Waals surface area contributed by atoms with Gasteiger partial charge in [-0.05, 0) is 62.6 Å². The molecule has 2 aromatic heterocycles. The molecule has 0 bridgehead atoms. The number of aromatic amines is 1. The Bertz CT molecular complexity index is 1220. The number of benzene rings is 2. The van der Waals surface area contributed by atoms with Crippen molar-refractivity contribution in [1.82, 2.24) is 20.3 Å². The van der Waals surface area contributed by atoms with Gasteiger partial charge in [0, 0.05) is 5.56 Å². The molecule has 4 rings (SSSR count). The van der Waals surface area contributed by atoms with E-state index in [1.54, 1.807) is 18.2 Å². The topological polar surface area (TPSA) is 135 Å². The van der Waals surface area contributed by atoms with Gasteiger partial charge in [-0.15, -0.1) is 0 Å². The third kappa shape index (κ3) is 3.47. The van der Waals surface area contributed by atoms with Crippen LogP contribution in [0.4, 0.5) is 15.9 Å². The molecule has 0 saturated heterocycles. The van der Waals surface area contributed by atoms with Crippen molar-refractivity contribution in [3.63, 3.8) is 0 Å². The minimum atomic E-state index is -0.439. The van der Waals surface area contributed by atoms with E-state index in [9.17, 15) is 9.18 Å². The van der Waals surface area contributed by atoms with E-state index < -0.39 is 11.7 Å². The van der Waals surface area contributed by atoms with Crippen molar-refractivity contribution in [2.75, 3.05) is 5.32 Å². The number of nitrogens with two attached hydrogens (primary N) is 1. The average molecular weight is 444 g/mol. The van der Waals surface area contributed by atoms with Gasteiger partial charge >= 0.3 is 0 Å². The van der Waals surface area contributed by atoms with Crippen molar-refractivity contribution >= 4 is 50.2 Å². The van der Waals surface area contributed by atoms with E-state index in [0.717, 1.165) is 5.52 Å². The second-order valence-corrected chi connectivity index (χ2v) is 6.50. The number of aromatic nitrogens is 4. The Morgan fingerprint density at radius 2 is 2.11 bits per heavy atom. The number of aliphatic imine (C=N–C) groups is 1. The van der Waals surface area contributed by atoms with Crippen LogP contribution in [-0.4, -0.2) is 32.0 Å². The standard InChI is InChI=1S/C17H11BrFN7O2/c18-10-6-9(2-3-11(10)19)23-15(20)14-16(26-28-25-14)24-17(27)8-1-4-12-13(5-8)22-7-21-12/h1-7H,(H2,20,23)(H,21,22)(H,24,26,27). The fourth-order valence-corrected chi connectivity index (χ4v) is 2.81. The molecule has 0 aliphatic heterocycles. The SMILES string of the molecule is NC(=Nc1ccc(F)c(Br)c1)c1nonc1NC(=O)c1ccc2nc[nH]c2c1. The lowest BCUT2D eigenvalue weighted by molar-refractivity contribution is 0.102. The minimum absolute atomic E-state index is 0.0112. The molecule has 2 aromatic carbocycles. The van der Waals surface area contributed by atoms with Crippen LogP contribution in [0.5, 0.6) is 0 Å². The first-order valence-corrected chi connectivity index (χ1v) is 8.67. The quantitative estimate of drug-likeness (QED) is 0.327. The Morgan fingerprint density at radius 3 is 2.93 bits per heavy atom. The van der Waals surface area contributed by atoms with E-state index in [4.69, 9.17) is 5.73 Å². The first-order chi connectivity index (χ1) is 13.5. The second kappa shape index (κ2) is 7.19. The van der Waals surface area contributed by atoms with Crippen LogP contribution in [0.25, 0.3) is 11.0 Å². The van der Waals surface area contributed by atoms with E-state index >= 15 is 0 Å². The highest BCUT2D eigenvalue weighted by atomic mass is 79.9. The number of rotatable bonds is 4. The average Bonchev–Trinajstić information content (AvgIpc) is 3.33. The molecule has 0 fully saturated rings. The van der Waals surface area contributed by atoms with Crippen LogP contribution >= 0.6 is 15.9 Å². The Balaban J connectivity index is 1.58. The van der Waals surface area contributed by atoms with Gasteiger partial charge in [0.05, 0.1) is 27.5 Å². The third-order valence-corrected chi connectivity index (χ3v) is 4.41. The Labute approximate surface area is 165 Å². The van der Waals surface area contributed by atoms with E-state index in [0.29, 0.717) is 16.8 Å². The van der Waals surface area contributed by atoms with Crippen molar-refractivity contribution < 1.29 is 13.8 Å². The molecule has 0 saturated carbocycles. The molecule has 0 atom stereocenters. The van der Waals surface area contributed by atoms with Crippen LogP contribution in [-0.2, 0) is 0 Å². The zero-order valence-corrected chi connectivity index (χ0v) is 15.6. The first-order valence-electron chi connectivity index (χ1n) is 7.88. The highest BCUT2D eigenvalue weighted by Crippen LogP contribution is 2.23. The van der Waals surface area contributed by atoms with Gasteiger partial charge in [0.25, 0.3) is 5.91 Å². The van der Waals surface area contributed by atoms with E-state index in [1.165, 1.54) is 24.5 Å². The van der Waals surface area contributed by atoms with Crippen LogP contribution in [0.1, 0.15) is 16.1 Å². The molecular weight excluding hydrogens is 433 g/mol. The van der Waals surface area contributed by atoms with Gasteiger partial charge in [0.15, 0.2) is 11.5 Å². The summed E-state index contributed by atoms with van der Waals surface area (Å²) in [5.74, 6) is -0.912. The number of H-pyrrole nitrogens is 1. The summed E-state index contributed by atoms with van der Waals surface area (Å²) in [5.41, 5.74) is 8.22. The molecule has 0 radical (unpaired) electrons. The number of nitrogens with one attached hydrogen (secondary N) is 2. The van der Waals surface area contributed by atoms with Crippen molar-refractivity contribution in [2.45, 2.75) is 0 Å². The van der Waals surface area contributed by atoms with Gasteiger partial charge in [0.1, 0.15) is 5.82 Å². The Hall–Kier alpha value is -3.60. The van der Waals surface area contributed by atoms with Gasteiger partial charge in [-0.25, -0.2) is 19.0 Å². The van der Waals surface area contributed by atoms with Crippen molar-refractivity contribution in [2.24, 2.45) is 10.7 Å². The predicted octanol–water partition coefficient (Wildman–Crippen LogP) is 3.14. The van der Waals surface area contributed by atoms with Crippen molar-refractivity contribution in [3.05, 3.63) is 64.3 Å². The summed E-state index contributed by atoms with van der Waals surface area (Å²) in [6.07, 6.45) is 1.54. The third-order valence-electron chi connectivity index (χ3n) is 3.80. The van der Waals surface area contributed by atoms with Crippen LogP contribution in [0.2, 0.25) is 0 Å². The molecule has 1 amide bonds. The molecule has 0 aliphatic rings. The number of nitrogens with zero attached hydrogens (tertiary/aromatic N) is 4. The fraction of sp³-hybridized carbons (Fsp3) is 0. The number of amides is 1. The summed E-state index contributed by atoms with van der Waals surface area (Å²) in [5, 5.41) is 9.92. The molecular formula is C17H11BrFN7O2. The normalized spacial score (nSPS) is 11.7. The number of amidine groups is 1. The Kier molecular flexibility index (Phi) is 4.57. The predicted molar refractivity (Wildman–Crippen MR) is 103 cm³/mol. The molecule has 0 aliphatic carbocycles. The Morgan fingerprint density at radius 1 is 1.25 bits per heavy atom. The van der Waals surface area contributed by atoms with E-state index in [-0.39, 0.29) is 21.8 Å². The van der Waals surface area contributed by atoms with Crippen LogP contribution < -0.4 is 11.1 Å². The number of imidazole rings is 1. The monoisotopic (exact) mass is 443 g/mol. The number of hydrogen-bond acceptors (Lipinski definition) is 6. The molecule has 4 N–H and O–H groups in total. The molecule has 4 aromatic rings. The minimum Gasteiger partial charge on any atom is -0.382 e. The highest BCUT2D eigenvalue weighted by molar-refractivity contribution is 9.10. The molecule has 9 nitrogen and oxygen atoms in total. The van der Waals surface area contributed by atoms with Crippen LogP contribution in [0.15, 0.2) is 56.8 Å². The van der Waals surface area contributed by atoms with E-state index in [2.05, 4.69) is 51.1 Å². The summed E-state index contributed by atoms with van der Waals surface area (Å²) < 4.78 is 18.3. The maximum atomic E-state index is 13.3. The maximum Gasteiger partial charge on any atom is 0.257 e. The van der Waals surface area contributed by atoms with Gasteiger partial charge in [0.2, 0.25) is 5.82 Å². The molecule has 11 heteroatoms. The molecule has 0 unspecified atom stereocenters. The molecule has 2 heterocycles. The zero-order valence-electron chi connectivity index (χ0n) is 14.0. The highest BCUT2D eigenvalue weighted by Gasteiger charge is 2.18. The smallest absolute Gasteiger partial charge is 0.257 e. The summed E-state index contributed by atoms with van der Waals surface area (Å²) in [6.45, 7) is 0. The van der Waals surface area contributed by atoms with Crippen molar-refractivity contribution in [1.29, 1.82) is 0 Å². The van der Waals surface area contributed by atoms with Gasteiger partial charge in [-0.2, -0.15) is 0 Å². The number of anilines is 1. The molecule has 0 spiro atoms. The second-order valence-electron chi connectivity index (χ2n) is 5.65. The van der Waals surface area contributed by atoms with Gasteiger partial charge in [-0.3, -0.25) is 4.79 Å². The number of carbonyl (C=O) groups excluding carboxylic acids is 1. The number of fused-ring (bicyclic) bond motifs is 1. The van der Waals surface area contributed by atoms with Gasteiger partial charge < -0.3 is 16.0 Å². The fourth-order valence-electron chi connectivity index (χ4n) is 2.44. The largest absolute Gasteiger partial charge is 0.382 e. The summed E-state index contributed by atoms with van der Waals surface area (Å²) >= 11 is 3.08. The number of hydrogen-bond donors (Lipinski definition) is 3. The zero-order chi connectivity index (χ0) is 19.7. The summed E-state index contributed by atoms with van der Waals surface area (Å²) in [6, 6.07) is 9.12. The van der Waals surface area contributed by atoms with Crippen molar-refractivity contribution in [3.8, 4) is 0 Å². The maximum absolute atomic E-state index is 13.3. The lowest BCUT2D eigenvalue weighted by Crippen LogP contribution is -2.19. The summed E-state index contributed by atoms with van der Waals surface area (Å²) in [4.78, 5) is 23.7. The van der Waals surface area contributed by atoms with Crippen LogP contribution in [0.3, 0.4) is 0 Å². The van der Waals surface area contributed by atoms with Gasteiger partial charge in [-0.1, -0.05) is 0 Å². The molecule has 140 valence electrons. The number of carbonyl (C=O) groups is 1. The first kappa shape index (κ1) is 17.8. The molecule has 28 heavy (non-hydrogen) atoms. The van der Waals surface area contributed by atoms with Crippen LogP contribution in [0, 0.1) is 5.82 Å². The lowest BCUT2D eigenvalue weighted by atomic mass is 10.2. The van der Waals surface area contributed by atoms with E-state index in [1.807, 2.05) is 0 Å². The summed E-state index contributed by atoms with van der Waals surface area (Å²) in [7, 11) is 0. The lowest BCUT2D eigenvalue weighted by Gasteiger charge is -2.04.